The van der Waals surface area contributed by atoms with Crippen molar-refractivity contribution in [3.05, 3.63) is 23.8 Å². The number of halogens is 1. The Hall–Kier alpha value is -1.46. The largest absolute Gasteiger partial charge is 0.493 e. The van der Waals surface area contributed by atoms with Crippen LogP contribution in [0.5, 0.6) is 11.5 Å². The molecular formula is C18H29ClN2O3. The van der Waals surface area contributed by atoms with E-state index in [1.165, 1.54) is 5.56 Å². The van der Waals surface area contributed by atoms with Crippen LogP contribution in [0.25, 0.3) is 0 Å². The van der Waals surface area contributed by atoms with Gasteiger partial charge in [-0.3, -0.25) is 4.79 Å². The number of methoxy groups -OCH3 is 1. The minimum atomic E-state index is 0. The van der Waals surface area contributed by atoms with Crippen LogP contribution in [0, 0.1) is 5.92 Å². The summed E-state index contributed by atoms with van der Waals surface area (Å²) in [6.07, 6.45) is 3.73. The van der Waals surface area contributed by atoms with Crippen LogP contribution in [0.4, 0.5) is 0 Å². The zero-order chi connectivity index (χ0) is 16.5. The van der Waals surface area contributed by atoms with Gasteiger partial charge in [-0.05, 0) is 63.4 Å². The summed E-state index contributed by atoms with van der Waals surface area (Å²) in [5, 5.41) is 6.34. The smallest absolute Gasteiger partial charge is 0.223 e. The molecule has 1 fully saturated rings. The van der Waals surface area contributed by atoms with Crippen molar-refractivity contribution in [1.29, 1.82) is 0 Å². The van der Waals surface area contributed by atoms with Gasteiger partial charge < -0.3 is 20.1 Å². The van der Waals surface area contributed by atoms with Crippen LogP contribution in [0.1, 0.15) is 31.7 Å². The lowest BCUT2D eigenvalue weighted by Gasteiger charge is -2.21. The summed E-state index contributed by atoms with van der Waals surface area (Å²) in [5.74, 6) is 1.93. The van der Waals surface area contributed by atoms with E-state index in [-0.39, 0.29) is 24.2 Å². The Bertz CT molecular complexity index is 505. The van der Waals surface area contributed by atoms with Crippen molar-refractivity contribution in [2.45, 2.75) is 32.6 Å². The molecule has 0 spiro atoms. The van der Waals surface area contributed by atoms with Crippen LogP contribution in [-0.2, 0) is 11.2 Å². The van der Waals surface area contributed by atoms with E-state index in [2.05, 4.69) is 16.7 Å². The van der Waals surface area contributed by atoms with Crippen molar-refractivity contribution in [2.75, 3.05) is 33.4 Å². The highest BCUT2D eigenvalue weighted by Gasteiger charge is 2.20. The van der Waals surface area contributed by atoms with E-state index in [0.717, 1.165) is 56.8 Å². The third-order valence-electron chi connectivity index (χ3n) is 4.18. The molecular weight excluding hydrogens is 328 g/mol. The molecule has 0 saturated carbocycles. The Labute approximate surface area is 150 Å². The molecule has 0 bridgehead atoms. The topological polar surface area (TPSA) is 59.6 Å². The first-order valence-electron chi connectivity index (χ1n) is 8.52. The van der Waals surface area contributed by atoms with Crippen molar-refractivity contribution in [3.63, 3.8) is 0 Å². The summed E-state index contributed by atoms with van der Waals surface area (Å²) in [5.41, 5.74) is 1.20. The average Bonchev–Trinajstić information content (AvgIpc) is 2.60. The maximum absolute atomic E-state index is 12.1. The minimum absolute atomic E-state index is 0. The van der Waals surface area contributed by atoms with E-state index in [1.54, 1.807) is 7.11 Å². The predicted molar refractivity (Wildman–Crippen MR) is 98.3 cm³/mol. The van der Waals surface area contributed by atoms with Crippen LogP contribution in [0.15, 0.2) is 18.2 Å². The van der Waals surface area contributed by atoms with Gasteiger partial charge in [0.1, 0.15) is 0 Å². The van der Waals surface area contributed by atoms with Gasteiger partial charge in [0, 0.05) is 12.5 Å². The molecule has 2 N–H and O–H groups in total. The first-order valence-corrected chi connectivity index (χ1v) is 8.52. The van der Waals surface area contributed by atoms with E-state index in [1.807, 2.05) is 19.1 Å². The fourth-order valence-electron chi connectivity index (χ4n) is 2.88. The van der Waals surface area contributed by atoms with E-state index in [9.17, 15) is 4.79 Å². The molecule has 136 valence electrons. The molecule has 0 radical (unpaired) electrons. The Kier molecular flexibility index (Phi) is 9.57. The number of carbonyl (C=O) groups is 1. The van der Waals surface area contributed by atoms with Crippen LogP contribution < -0.4 is 20.1 Å². The molecule has 0 unspecified atom stereocenters. The van der Waals surface area contributed by atoms with E-state index in [4.69, 9.17) is 9.47 Å². The molecule has 1 amide bonds. The fraction of sp³-hybridized carbons (Fsp3) is 0.611. The third-order valence-corrected chi connectivity index (χ3v) is 4.18. The van der Waals surface area contributed by atoms with Crippen molar-refractivity contribution in [3.8, 4) is 11.5 Å². The predicted octanol–water partition coefficient (Wildman–Crippen LogP) is 2.56. The number of rotatable bonds is 8. The van der Waals surface area contributed by atoms with Crippen LogP contribution in [0.3, 0.4) is 0 Å². The Balaban J connectivity index is 0.00000288. The lowest BCUT2D eigenvalue weighted by Crippen LogP contribution is -2.38. The summed E-state index contributed by atoms with van der Waals surface area (Å²) in [7, 11) is 1.65. The number of ether oxygens (including phenoxy) is 2. The first-order chi connectivity index (χ1) is 11.2. The molecule has 1 aromatic carbocycles. The number of nitrogens with one attached hydrogen (secondary N) is 2. The molecule has 1 aliphatic heterocycles. The SMILES string of the molecule is CCOc1cc(CCCNC(=O)C2CCNCC2)ccc1OC.Cl. The zero-order valence-corrected chi connectivity index (χ0v) is 15.4. The molecule has 6 heteroatoms. The molecule has 1 heterocycles. The molecule has 2 rings (SSSR count). The van der Waals surface area contributed by atoms with Gasteiger partial charge in [0.15, 0.2) is 11.5 Å². The Morgan fingerprint density at radius 1 is 1.29 bits per heavy atom. The standard InChI is InChI=1S/C18H28N2O3.ClH/c1-3-23-17-13-14(6-7-16(17)22-2)5-4-10-20-18(21)15-8-11-19-12-9-15;/h6-7,13,15,19H,3-5,8-12H2,1-2H3,(H,20,21);1H. The van der Waals surface area contributed by atoms with Gasteiger partial charge in [-0.1, -0.05) is 6.07 Å². The summed E-state index contributed by atoms with van der Waals surface area (Å²) in [6.45, 7) is 5.20. The Morgan fingerprint density at radius 2 is 2.04 bits per heavy atom. The highest BCUT2D eigenvalue weighted by Crippen LogP contribution is 2.28. The van der Waals surface area contributed by atoms with Crippen LogP contribution in [-0.4, -0.2) is 39.3 Å². The second-order valence-electron chi connectivity index (χ2n) is 5.84. The molecule has 1 saturated heterocycles. The van der Waals surface area contributed by atoms with Gasteiger partial charge in [0.05, 0.1) is 13.7 Å². The first kappa shape index (κ1) is 20.6. The maximum Gasteiger partial charge on any atom is 0.223 e. The van der Waals surface area contributed by atoms with Crippen molar-refractivity contribution >= 4 is 18.3 Å². The van der Waals surface area contributed by atoms with Gasteiger partial charge in [0.25, 0.3) is 0 Å². The van der Waals surface area contributed by atoms with Gasteiger partial charge in [0.2, 0.25) is 5.91 Å². The third kappa shape index (κ3) is 6.21. The highest BCUT2D eigenvalue weighted by atomic mass is 35.5. The van der Waals surface area contributed by atoms with E-state index >= 15 is 0 Å². The summed E-state index contributed by atoms with van der Waals surface area (Å²) in [4.78, 5) is 12.1. The monoisotopic (exact) mass is 356 g/mol. The Morgan fingerprint density at radius 3 is 2.71 bits per heavy atom. The van der Waals surface area contributed by atoms with E-state index in [0.29, 0.717) is 6.61 Å². The molecule has 1 aromatic rings. The number of aryl methyl sites for hydroxylation is 1. The molecule has 1 aliphatic rings. The molecule has 0 atom stereocenters. The molecule has 0 aromatic heterocycles. The second-order valence-corrected chi connectivity index (χ2v) is 5.84. The number of hydrogen-bond donors (Lipinski definition) is 2. The van der Waals surface area contributed by atoms with Gasteiger partial charge >= 0.3 is 0 Å². The average molecular weight is 357 g/mol. The molecule has 24 heavy (non-hydrogen) atoms. The lowest BCUT2D eigenvalue weighted by molar-refractivity contribution is -0.125. The number of hydrogen-bond acceptors (Lipinski definition) is 4. The van der Waals surface area contributed by atoms with Gasteiger partial charge in [-0.15, -0.1) is 12.4 Å². The number of amides is 1. The zero-order valence-electron chi connectivity index (χ0n) is 14.6. The molecule has 0 aliphatic carbocycles. The highest BCUT2D eigenvalue weighted by molar-refractivity contribution is 5.85. The summed E-state index contributed by atoms with van der Waals surface area (Å²) >= 11 is 0. The van der Waals surface area contributed by atoms with Crippen LogP contribution >= 0.6 is 12.4 Å². The summed E-state index contributed by atoms with van der Waals surface area (Å²) in [6, 6.07) is 6.01. The summed E-state index contributed by atoms with van der Waals surface area (Å²) < 4.78 is 10.9. The lowest BCUT2D eigenvalue weighted by atomic mass is 9.97. The van der Waals surface area contributed by atoms with Crippen LogP contribution in [0.2, 0.25) is 0 Å². The fourth-order valence-corrected chi connectivity index (χ4v) is 2.88. The number of carbonyl (C=O) groups excluding carboxylic acids is 1. The maximum atomic E-state index is 12.1. The van der Waals surface area contributed by atoms with Gasteiger partial charge in [-0.25, -0.2) is 0 Å². The van der Waals surface area contributed by atoms with Gasteiger partial charge in [-0.2, -0.15) is 0 Å². The second kappa shape index (κ2) is 11.2. The quantitative estimate of drug-likeness (QED) is 0.703. The van der Waals surface area contributed by atoms with E-state index < -0.39 is 0 Å². The van der Waals surface area contributed by atoms with Crippen molar-refractivity contribution in [2.24, 2.45) is 5.92 Å². The van der Waals surface area contributed by atoms with Crippen molar-refractivity contribution < 1.29 is 14.3 Å². The number of piperidine rings is 1. The molecule has 5 nitrogen and oxygen atoms in total. The minimum Gasteiger partial charge on any atom is -0.493 e. The van der Waals surface area contributed by atoms with Crippen molar-refractivity contribution in [1.82, 2.24) is 10.6 Å². The number of benzene rings is 1. The normalized spacial score (nSPS) is 14.6.